The quantitative estimate of drug-likeness (QED) is 0.419. The minimum Gasteiger partial charge on any atom is -0.497 e. The summed E-state index contributed by atoms with van der Waals surface area (Å²) < 4.78 is 13.1. The second kappa shape index (κ2) is 8.43. The van der Waals surface area contributed by atoms with E-state index in [2.05, 4.69) is 4.98 Å². The van der Waals surface area contributed by atoms with Gasteiger partial charge in [-0.3, -0.25) is 9.36 Å². The monoisotopic (exact) mass is 423 g/mol. The molecule has 0 aliphatic rings. The number of fused-ring (bicyclic) bond motifs is 1. The van der Waals surface area contributed by atoms with Crippen LogP contribution >= 0.6 is 0 Å². The van der Waals surface area contributed by atoms with Gasteiger partial charge in [0.15, 0.2) is 5.43 Å². The van der Waals surface area contributed by atoms with Crippen molar-refractivity contribution in [3.63, 3.8) is 0 Å². The molecule has 0 fully saturated rings. The zero-order valence-corrected chi connectivity index (χ0v) is 17.5. The van der Waals surface area contributed by atoms with E-state index in [1.807, 2.05) is 77.4 Å². The van der Waals surface area contributed by atoms with Gasteiger partial charge in [-0.05, 0) is 48.0 Å². The van der Waals surface area contributed by atoms with E-state index in [1.165, 1.54) is 12.1 Å². The maximum absolute atomic E-state index is 12.0. The Morgan fingerprint density at radius 3 is 2.53 bits per heavy atom. The van der Waals surface area contributed by atoms with Crippen LogP contribution in [0.25, 0.3) is 28.1 Å². The summed E-state index contributed by atoms with van der Waals surface area (Å²) in [5, 5.41) is 0. The van der Waals surface area contributed by atoms with E-state index >= 15 is 0 Å². The molecule has 1 N–H and O–H groups in total. The summed E-state index contributed by atoms with van der Waals surface area (Å²) in [6.07, 6.45) is 1.73. The van der Waals surface area contributed by atoms with Crippen LogP contribution in [0.15, 0.2) is 95.9 Å². The number of aromatic amines is 1. The fourth-order valence-corrected chi connectivity index (χ4v) is 3.55. The molecule has 0 unspecified atom stereocenters. The SMILES string of the molecule is COc1ccc(-c2nc3ccc(-n4ccc(=O)cc4OCc4ccccc4)cc3[nH]2)cc1. The molecule has 0 saturated heterocycles. The molecule has 32 heavy (non-hydrogen) atoms. The van der Waals surface area contributed by atoms with Gasteiger partial charge in [-0.15, -0.1) is 0 Å². The molecule has 2 aromatic heterocycles. The summed E-state index contributed by atoms with van der Waals surface area (Å²) in [4.78, 5) is 20.1. The van der Waals surface area contributed by atoms with Crippen LogP contribution < -0.4 is 14.9 Å². The van der Waals surface area contributed by atoms with Crippen LogP contribution in [-0.2, 0) is 6.61 Å². The summed E-state index contributed by atoms with van der Waals surface area (Å²) in [6, 6.07) is 26.5. The number of imidazole rings is 1. The number of rotatable bonds is 6. The normalized spacial score (nSPS) is 10.9. The summed E-state index contributed by atoms with van der Waals surface area (Å²) in [7, 11) is 1.65. The Balaban J connectivity index is 1.48. The van der Waals surface area contributed by atoms with Gasteiger partial charge in [-0.1, -0.05) is 30.3 Å². The second-order valence-corrected chi connectivity index (χ2v) is 7.36. The minimum absolute atomic E-state index is 0.103. The molecule has 5 aromatic rings. The van der Waals surface area contributed by atoms with Gasteiger partial charge in [0.2, 0.25) is 5.88 Å². The molecule has 6 heteroatoms. The summed E-state index contributed by atoms with van der Waals surface area (Å²) >= 11 is 0. The smallest absolute Gasteiger partial charge is 0.202 e. The van der Waals surface area contributed by atoms with E-state index in [4.69, 9.17) is 14.5 Å². The van der Waals surface area contributed by atoms with E-state index in [0.717, 1.165) is 39.4 Å². The Morgan fingerprint density at radius 2 is 1.75 bits per heavy atom. The number of methoxy groups -OCH3 is 1. The summed E-state index contributed by atoms with van der Waals surface area (Å²) in [5.41, 5.74) is 4.51. The van der Waals surface area contributed by atoms with Gasteiger partial charge in [0.1, 0.15) is 18.2 Å². The molecule has 3 aromatic carbocycles. The summed E-state index contributed by atoms with van der Waals surface area (Å²) in [6.45, 7) is 0.373. The van der Waals surface area contributed by atoms with Crippen molar-refractivity contribution < 1.29 is 9.47 Å². The molecule has 0 aliphatic carbocycles. The van der Waals surface area contributed by atoms with Crippen molar-refractivity contribution in [1.29, 1.82) is 0 Å². The van der Waals surface area contributed by atoms with Crippen molar-refractivity contribution in [2.24, 2.45) is 0 Å². The molecular formula is C26H21N3O3. The van der Waals surface area contributed by atoms with Crippen LogP contribution in [0.5, 0.6) is 11.6 Å². The van der Waals surface area contributed by atoms with E-state index in [9.17, 15) is 4.79 Å². The highest BCUT2D eigenvalue weighted by atomic mass is 16.5. The molecule has 0 saturated carbocycles. The lowest BCUT2D eigenvalue weighted by Gasteiger charge is -2.14. The van der Waals surface area contributed by atoms with Gasteiger partial charge in [-0.25, -0.2) is 4.98 Å². The molecule has 0 spiro atoms. The molecule has 6 nitrogen and oxygen atoms in total. The predicted molar refractivity (Wildman–Crippen MR) is 124 cm³/mol. The topological polar surface area (TPSA) is 69.1 Å². The number of benzene rings is 3. The molecule has 0 aliphatic heterocycles. The van der Waals surface area contributed by atoms with Crippen LogP contribution in [0.2, 0.25) is 0 Å². The zero-order chi connectivity index (χ0) is 21.9. The highest BCUT2D eigenvalue weighted by molar-refractivity contribution is 5.81. The third-order valence-corrected chi connectivity index (χ3v) is 5.23. The lowest BCUT2D eigenvalue weighted by atomic mass is 10.2. The average Bonchev–Trinajstić information content (AvgIpc) is 3.27. The maximum atomic E-state index is 12.0. The Labute approximate surface area is 184 Å². The fourth-order valence-electron chi connectivity index (χ4n) is 3.55. The molecular weight excluding hydrogens is 402 g/mol. The number of hydrogen-bond donors (Lipinski definition) is 1. The predicted octanol–water partition coefficient (Wildman–Crippen LogP) is 4.97. The fraction of sp³-hybridized carbons (Fsp3) is 0.0769. The number of nitrogens with one attached hydrogen (secondary N) is 1. The van der Waals surface area contributed by atoms with Crippen LogP contribution in [0, 0.1) is 0 Å². The molecule has 0 amide bonds. The number of aromatic nitrogens is 3. The van der Waals surface area contributed by atoms with Crippen molar-refractivity contribution in [1.82, 2.24) is 14.5 Å². The molecule has 158 valence electrons. The van der Waals surface area contributed by atoms with Gasteiger partial charge in [0.25, 0.3) is 0 Å². The van der Waals surface area contributed by atoms with E-state index in [0.29, 0.717) is 12.5 Å². The van der Waals surface area contributed by atoms with Gasteiger partial charge < -0.3 is 14.5 Å². The van der Waals surface area contributed by atoms with E-state index in [1.54, 1.807) is 13.3 Å². The first-order chi connectivity index (χ1) is 15.7. The van der Waals surface area contributed by atoms with Crippen molar-refractivity contribution in [3.05, 3.63) is 107 Å². The number of pyridine rings is 1. The molecule has 0 radical (unpaired) electrons. The van der Waals surface area contributed by atoms with Crippen molar-refractivity contribution in [2.75, 3.05) is 7.11 Å². The Hall–Kier alpha value is -4.32. The standard InChI is InChI=1S/C26H21N3O3/c1-31-22-10-7-19(8-11-22)26-27-23-12-9-20(15-24(23)28-26)29-14-13-21(30)16-25(29)32-17-18-5-3-2-4-6-18/h2-16H,17H2,1H3,(H,27,28). The Kier molecular flexibility index (Phi) is 5.17. The van der Waals surface area contributed by atoms with Crippen LogP contribution in [-0.4, -0.2) is 21.6 Å². The lowest BCUT2D eigenvalue weighted by Crippen LogP contribution is -2.09. The van der Waals surface area contributed by atoms with E-state index < -0.39 is 0 Å². The third kappa shape index (κ3) is 3.98. The van der Waals surface area contributed by atoms with E-state index in [-0.39, 0.29) is 5.43 Å². The molecule has 0 atom stereocenters. The van der Waals surface area contributed by atoms with Gasteiger partial charge in [0.05, 0.1) is 23.8 Å². The number of hydrogen-bond acceptors (Lipinski definition) is 4. The van der Waals surface area contributed by atoms with Gasteiger partial charge in [0, 0.05) is 23.9 Å². The van der Waals surface area contributed by atoms with Gasteiger partial charge in [-0.2, -0.15) is 0 Å². The number of ether oxygens (including phenoxy) is 2. The first-order valence-corrected chi connectivity index (χ1v) is 10.2. The minimum atomic E-state index is -0.103. The maximum Gasteiger partial charge on any atom is 0.202 e. The number of nitrogens with zero attached hydrogens (tertiary/aromatic N) is 2. The van der Waals surface area contributed by atoms with Gasteiger partial charge >= 0.3 is 0 Å². The average molecular weight is 423 g/mol. The molecule has 2 heterocycles. The first kappa shape index (κ1) is 19.6. The zero-order valence-electron chi connectivity index (χ0n) is 17.5. The largest absolute Gasteiger partial charge is 0.497 e. The van der Waals surface area contributed by atoms with Crippen LogP contribution in [0.4, 0.5) is 0 Å². The Bertz CT molecular complexity index is 1420. The number of H-pyrrole nitrogens is 1. The van der Waals surface area contributed by atoms with Crippen molar-refractivity contribution >= 4 is 11.0 Å². The third-order valence-electron chi connectivity index (χ3n) is 5.23. The van der Waals surface area contributed by atoms with Crippen molar-refractivity contribution in [2.45, 2.75) is 6.61 Å². The molecule has 5 rings (SSSR count). The lowest BCUT2D eigenvalue weighted by molar-refractivity contribution is 0.286. The molecule has 0 bridgehead atoms. The highest BCUT2D eigenvalue weighted by Crippen LogP contribution is 2.25. The van der Waals surface area contributed by atoms with Crippen LogP contribution in [0.3, 0.4) is 0 Å². The van der Waals surface area contributed by atoms with Crippen LogP contribution in [0.1, 0.15) is 5.56 Å². The van der Waals surface area contributed by atoms with Crippen molar-refractivity contribution in [3.8, 4) is 28.7 Å². The first-order valence-electron chi connectivity index (χ1n) is 10.2. The highest BCUT2D eigenvalue weighted by Gasteiger charge is 2.10. The summed E-state index contributed by atoms with van der Waals surface area (Å²) in [5.74, 6) is 2.06. The second-order valence-electron chi connectivity index (χ2n) is 7.36. The Morgan fingerprint density at radius 1 is 0.938 bits per heavy atom.